The Hall–Kier alpha value is -3.19. The van der Waals surface area contributed by atoms with Crippen LogP contribution in [0.3, 0.4) is 0 Å². The third-order valence-electron chi connectivity index (χ3n) is 5.53. The molecular weight excluding hydrogens is 378 g/mol. The van der Waals surface area contributed by atoms with Crippen LogP contribution < -0.4 is 5.32 Å². The van der Waals surface area contributed by atoms with Crippen molar-refractivity contribution in [3.05, 3.63) is 65.1 Å². The van der Waals surface area contributed by atoms with Crippen molar-refractivity contribution >= 4 is 17.6 Å². The van der Waals surface area contributed by atoms with Gasteiger partial charge in [0.15, 0.2) is 0 Å². The topological polar surface area (TPSA) is 83.3 Å². The van der Waals surface area contributed by atoms with E-state index in [-0.39, 0.29) is 5.92 Å². The Morgan fingerprint density at radius 2 is 1.97 bits per heavy atom. The predicted octanol–water partition coefficient (Wildman–Crippen LogP) is 3.84. The van der Waals surface area contributed by atoms with Crippen molar-refractivity contribution in [1.29, 1.82) is 0 Å². The van der Waals surface area contributed by atoms with E-state index in [0.29, 0.717) is 18.9 Å². The molecular formula is C23H27N5O2. The van der Waals surface area contributed by atoms with Gasteiger partial charge in [0.25, 0.3) is 0 Å². The summed E-state index contributed by atoms with van der Waals surface area (Å²) >= 11 is 0. The second-order valence-corrected chi connectivity index (χ2v) is 8.17. The number of likely N-dealkylation sites (tertiary alicyclic amines) is 1. The Morgan fingerprint density at radius 1 is 1.20 bits per heavy atom. The average molecular weight is 406 g/mol. The van der Waals surface area contributed by atoms with Crippen LogP contribution in [0.5, 0.6) is 0 Å². The number of benzene rings is 1. The van der Waals surface area contributed by atoms with Gasteiger partial charge in [-0.1, -0.05) is 6.07 Å². The molecule has 2 N–H and O–H groups in total. The van der Waals surface area contributed by atoms with Crippen LogP contribution in [0.4, 0.5) is 11.6 Å². The van der Waals surface area contributed by atoms with E-state index in [1.807, 2.05) is 10.6 Å². The lowest BCUT2D eigenvalue weighted by molar-refractivity contribution is -0.141. The van der Waals surface area contributed by atoms with Crippen molar-refractivity contribution in [2.45, 2.75) is 33.7 Å². The lowest BCUT2D eigenvalue weighted by Gasteiger charge is -2.14. The molecule has 0 aliphatic carbocycles. The van der Waals surface area contributed by atoms with Crippen LogP contribution in [-0.2, 0) is 11.3 Å². The van der Waals surface area contributed by atoms with E-state index in [1.54, 1.807) is 6.20 Å². The number of nitrogens with zero attached hydrogens (tertiary/aromatic N) is 4. The average Bonchev–Trinajstić information content (AvgIpc) is 3.29. The largest absolute Gasteiger partial charge is 0.481 e. The van der Waals surface area contributed by atoms with Gasteiger partial charge in [0.1, 0.15) is 5.82 Å². The van der Waals surface area contributed by atoms with Gasteiger partial charge in [0.05, 0.1) is 5.92 Å². The third kappa shape index (κ3) is 4.52. The van der Waals surface area contributed by atoms with Crippen LogP contribution >= 0.6 is 0 Å². The molecule has 1 saturated heterocycles. The lowest BCUT2D eigenvalue weighted by atomic mass is 10.1. The van der Waals surface area contributed by atoms with E-state index >= 15 is 0 Å². The molecule has 4 rings (SSSR count). The highest BCUT2D eigenvalue weighted by atomic mass is 16.4. The minimum atomic E-state index is -0.698. The Kier molecular flexibility index (Phi) is 5.55. The molecule has 0 amide bonds. The Bertz CT molecular complexity index is 1050. The Morgan fingerprint density at radius 3 is 2.67 bits per heavy atom. The second kappa shape index (κ2) is 8.28. The van der Waals surface area contributed by atoms with E-state index in [9.17, 15) is 9.90 Å². The first kappa shape index (κ1) is 20.1. The highest BCUT2D eigenvalue weighted by Gasteiger charge is 2.28. The summed E-state index contributed by atoms with van der Waals surface area (Å²) in [5, 5.41) is 12.5. The monoisotopic (exact) mass is 405 g/mol. The van der Waals surface area contributed by atoms with Crippen molar-refractivity contribution in [3.8, 4) is 5.82 Å². The molecule has 2 aromatic heterocycles. The van der Waals surface area contributed by atoms with E-state index in [4.69, 9.17) is 0 Å². The van der Waals surface area contributed by atoms with Crippen LogP contribution in [0.1, 0.15) is 28.7 Å². The van der Waals surface area contributed by atoms with Crippen LogP contribution in [0, 0.1) is 26.7 Å². The summed E-state index contributed by atoms with van der Waals surface area (Å²) in [6, 6.07) is 8.15. The Balaban J connectivity index is 1.50. The van der Waals surface area contributed by atoms with Gasteiger partial charge < -0.3 is 15.0 Å². The summed E-state index contributed by atoms with van der Waals surface area (Å²) in [5.41, 5.74) is 5.69. The number of aliphatic carboxylic acids is 1. The SMILES string of the molecule is Cc1cc(C)cc(Nc2nccc(-n3cc(C)c(CN4CCC(C(=O)O)C4)c3)n2)c1. The van der Waals surface area contributed by atoms with Gasteiger partial charge in [-0.15, -0.1) is 0 Å². The molecule has 1 aliphatic rings. The van der Waals surface area contributed by atoms with Gasteiger partial charge in [0.2, 0.25) is 5.95 Å². The van der Waals surface area contributed by atoms with Crippen molar-refractivity contribution in [2.24, 2.45) is 5.92 Å². The van der Waals surface area contributed by atoms with E-state index in [1.165, 1.54) is 16.7 Å². The molecule has 30 heavy (non-hydrogen) atoms. The molecule has 1 unspecified atom stereocenters. The molecule has 0 saturated carbocycles. The molecule has 156 valence electrons. The number of anilines is 2. The maximum atomic E-state index is 11.2. The van der Waals surface area contributed by atoms with Crippen LogP contribution in [-0.4, -0.2) is 43.6 Å². The Labute approximate surface area is 176 Å². The van der Waals surface area contributed by atoms with Crippen LogP contribution in [0.2, 0.25) is 0 Å². The van der Waals surface area contributed by atoms with E-state index in [2.05, 4.69) is 71.5 Å². The first-order valence-corrected chi connectivity index (χ1v) is 10.2. The van der Waals surface area contributed by atoms with E-state index < -0.39 is 5.97 Å². The van der Waals surface area contributed by atoms with Gasteiger partial charge in [-0.2, -0.15) is 4.98 Å². The number of rotatable bonds is 6. The van der Waals surface area contributed by atoms with Crippen molar-refractivity contribution in [1.82, 2.24) is 19.4 Å². The van der Waals surface area contributed by atoms with Crippen molar-refractivity contribution < 1.29 is 9.90 Å². The van der Waals surface area contributed by atoms with Gasteiger partial charge in [-0.05, 0) is 74.2 Å². The molecule has 7 heteroatoms. The fourth-order valence-corrected chi connectivity index (χ4v) is 4.04. The molecule has 0 bridgehead atoms. The maximum Gasteiger partial charge on any atom is 0.307 e. The third-order valence-corrected chi connectivity index (χ3v) is 5.53. The number of carboxylic acid groups (broad SMARTS) is 1. The number of hydrogen-bond acceptors (Lipinski definition) is 5. The number of hydrogen-bond donors (Lipinski definition) is 2. The lowest BCUT2D eigenvalue weighted by Crippen LogP contribution is -2.22. The minimum Gasteiger partial charge on any atom is -0.481 e. The first-order valence-electron chi connectivity index (χ1n) is 10.2. The molecule has 3 aromatic rings. The molecule has 1 atom stereocenters. The first-order chi connectivity index (χ1) is 14.4. The predicted molar refractivity (Wildman–Crippen MR) is 116 cm³/mol. The minimum absolute atomic E-state index is 0.256. The van der Waals surface area contributed by atoms with Gasteiger partial charge in [-0.25, -0.2) is 4.98 Å². The fourth-order valence-electron chi connectivity index (χ4n) is 4.04. The quantitative estimate of drug-likeness (QED) is 0.648. The van der Waals surface area contributed by atoms with Gasteiger partial charge in [0, 0.05) is 37.4 Å². The molecule has 1 fully saturated rings. The van der Waals surface area contributed by atoms with E-state index in [0.717, 1.165) is 30.2 Å². The van der Waals surface area contributed by atoms with Crippen molar-refractivity contribution in [3.63, 3.8) is 0 Å². The zero-order chi connectivity index (χ0) is 21.3. The summed E-state index contributed by atoms with van der Waals surface area (Å²) in [4.78, 5) is 22.4. The van der Waals surface area contributed by atoms with Crippen LogP contribution in [0.25, 0.3) is 5.82 Å². The number of aromatic nitrogens is 3. The number of carboxylic acids is 1. The normalized spacial score (nSPS) is 16.7. The standard InChI is InChI=1S/C23H27N5O2/c1-15-8-16(2)10-20(9-15)25-23-24-6-4-21(26-23)28-11-17(3)19(14-28)13-27-7-5-18(12-27)22(29)30/h4,6,8-11,14,18H,5,7,12-13H2,1-3H3,(H,29,30)(H,24,25,26). The molecule has 1 aromatic carbocycles. The highest BCUT2D eigenvalue weighted by molar-refractivity contribution is 5.70. The zero-order valence-corrected chi connectivity index (χ0v) is 17.6. The summed E-state index contributed by atoms with van der Waals surface area (Å²) in [6.45, 7) is 8.39. The molecule has 1 aliphatic heterocycles. The molecule has 0 radical (unpaired) electrons. The highest BCUT2D eigenvalue weighted by Crippen LogP contribution is 2.23. The molecule has 0 spiro atoms. The maximum absolute atomic E-state index is 11.2. The van der Waals surface area contributed by atoms with Crippen molar-refractivity contribution in [2.75, 3.05) is 18.4 Å². The van der Waals surface area contributed by atoms with Crippen LogP contribution in [0.15, 0.2) is 42.9 Å². The number of nitrogens with one attached hydrogen (secondary N) is 1. The van der Waals surface area contributed by atoms with Gasteiger partial charge in [-0.3, -0.25) is 9.69 Å². The number of aryl methyl sites for hydroxylation is 3. The molecule has 3 heterocycles. The smallest absolute Gasteiger partial charge is 0.307 e. The summed E-state index contributed by atoms with van der Waals surface area (Å²) < 4.78 is 2.00. The molecule has 7 nitrogen and oxygen atoms in total. The van der Waals surface area contributed by atoms with Gasteiger partial charge >= 0.3 is 5.97 Å². The summed E-state index contributed by atoms with van der Waals surface area (Å²) in [6.07, 6.45) is 6.60. The second-order valence-electron chi connectivity index (χ2n) is 8.17. The zero-order valence-electron chi connectivity index (χ0n) is 17.6. The number of carbonyl (C=O) groups is 1. The fraction of sp³-hybridized carbons (Fsp3) is 0.348. The summed E-state index contributed by atoms with van der Waals surface area (Å²) in [7, 11) is 0. The summed E-state index contributed by atoms with van der Waals surface area (Å²) in [5.74, 6) is 0.384.